The van der Waals surface area contributed by atoms with Crippen molar-refractivity contribution in [1.29, 1.82) is 0 Å². The summed E-state index contributed by atoms with van der Waals surface area (Å²) in [4.78, 5) is 29.0. The van der Waals surface area contributed by atoms with E-state index >= 15 is 0 Å². The fraction of sp³-hybridized carbons (Fsp3) is 0.214. The molecule has 1 amide bonds. The van der Waals surface area contributed by atoms with Crippen LogP contribution in [0.25, 0.3) is 0 Å². The van der Waals surface area contributed by atoms with Crippen LogP contribution >= 0.6 is 11.3 Å². The van der Waals surface area contributed by atoms with Crippen molar-refractivity contribution in [2.45, 2.75) is 13.3 Å². The first kappa shape index (κ1) is 14.2. The molecule has 0 spiro atoms. The van der Waals surface area contributed by atoms with Crippen LogP contribution in [-0.4, -0.2) is 28.5 Å². The van der Waals surface area contributed by atoms with Crippen molar-refractivity contribution in [3.63, 3.8) is 0 Å². The van der Waals surface area contributed by atoms with Gasteiger partial charge < -0.3 is 10.0 Å². The van der Waals surface area contributed by atoms with Crippen LogP contribution in [0, 0.1) is 6.92 Å². The summed E-state index contributed by atoms with van der Waals surface area (Å²) in [5.41, 5.74) is 3.35. The van der Waals surface area contributed by atoms with Gasteiger partial charge in [0.25, 0.3) is 5.91 Å². The van der Waals surface area contributed by atoms with E-state index in [4.69, 9.17) is 5.11 Å². The highest BCUT2D eigenvalue weighted by atomic mass is 32.1. The van der Waals surface area contributed by atoms with Crippen molar-refractivity contribution in [1.82, 2.24) is 4.98 Å². The Hall–Kier alpha value is -2.21. The van der Waals surface area contributed by atoms with E-state index in [1.54, 1.807) is 5.51 Å². The number of aromatic nitrogens is 1. The Morgan fingerprint density at radius 3 is 2.55 bits per heavy atom. The molecule has 1 heterocycles. The molecule has 0 radical (unpaired) electrons. The molecule has 0 unspecified atom stereocenters. The maximum atomic E-state index is 12.4. The number of amides is 1. The summed E-state index contributed by atoms with van der Waals surface area (Å²) in [7, 11) is 0. The number of aliphatic carboxylic acids is 1. The summed E-state index contributed by atoms with van der Waals surface area (Å²) in [6, 6.07) is 7.42. The molecule has 2 aromatic rings. The number of carbonyl (C=O) groups is 2. The number of hydrogen-bond acceptors (Lipinski definition) is 4. The number of hydrogen-bond donors (Lipinski definition) is 1. The molecule has 1 N–H and O–H groups in total. The maximum Gasteiger partial charge on any atom is 0.305 e. The molecule has 20 heavy (non-hydrogen) atoms. The number of nitrogens with zero attached hydrogens (tertiary/aromatic N) is 2. The third-order valence-corrected chi connectivity index (χ3v) is 3.54. The van der Waals surface area contributed by atoms with Gasteiger partial charge in [-0.3, -0.25) is 14.6 Å². The van der Waals surface area contributed by atoms with E-state index in [-0.39, 0.29) is 18.9 Å². The number of aryl methyl sites for hydroxylation is 1. The molecular formula is C14H14N2O3S. The van der Waals surface area contributed by atoms with Gasteiger partial charge in [0.1, 0.15) is 4.88 Å². The van der Waals surface area contributed by atoms with Gasteiger partial charge >= 0.3 is 5.97 Å². The minimum Gasteiger partial charge on any atom is -0.481 e. The van der Waals surface area contributed by atoms with Gasteiger partial charge in [0.2, 0.25) is 0 Å². The van der Waals surface area contributed by atoms with Gasteiger partial charge in [0.15, 0.2) is 0 Å². The lowest BCUT2D eigenvalue weighted by atomic mass is 10.2. The van der Waals surface area contributed by atoms with Gasteiger partial charge in [0, 0.05) is 12.2 Å². The van der Waals surface area contributed by atoms with Gasteiger partial charge in [-0.15, -0.1) is 11.3 Å². The molecular weight excluding hydrogens is 276 g/mol. The number of carbonyl (C=O) groups excluding carboxylic acids is 1. The van der Waals surface area contributed by atoms with Gasteiger partial charge in [-0.1, -0.05) is 17.7 Å². The maximum absolute atomic E-state index is 12.4. The topological polar surface area (TPSA) is 70.5 Å². The molecule has 0 atom stereocenters. The van der Waals surface area contributed by atoms with Crippen molar-refractivity contribution in [2.75, 3.05) is 11.4 Å². The Morgan fingerprint density at radius 1 is 1.30 bits per heavy atom. The predicted molar refractivity (Wildman–Crippen MR) is 77.2 cm³/mol. The third-order valence-electron chi connectivity index (χ3n) is 2.78. The van der Waals surface area contributed by atoms with E-state index in [2.05, 4.69) is 4.98 Å². The molecule has 0 aliphatic carbocycles. The van der Waals surface area contributed by atoms with Crippen LogP contribution in [0.15, 0.2) is 36.0 Å². The first-order chi connectivity index (χ1) is 9.58. The van der Waals surface area contributed by atoms with E-state index in [9.17, 15) is 9.59 Å². The summed E-state index contributed by atoms with van der Waals surface area (Å²) >= 11 is 1.24. The molecule has 1 aromatic heterocycles. The normalized spacial score (nSPS) is 10.2. The Balaban J connectivity index is 2.26. The van der Waals surface area contributed by atoms with E-state index in [0.29, 0.717) is 10.6 Å². The van der Waals surface area contributed by atoms with Crippen molar-refractivity contribution >= 4 is 28.9 Å². The Kier molecular flexibility index (Phi) is 4.47. The number of benzene rings is 1. The van der Waals surface area contributed by atoms with Crippen LogP contribution in [0.3, 0.4) is 0 Å². The lowest BCUT2D eigenvalue weighted by molar-refractivity contribution is -0.136. The first-order valence-corrected chi connectivity index (χ1v) is 6.94. The Morgan fingerprint density at radius 2 is 2.00 bits per heavy atom. The SMILES string of the molecule is Cc1ccc(N(CCC(=O)O)C(=O)c2cncs2)cc1. The third kappa shape index (κ3) is 3.42. The highest BCUT2D eigenvalue weighted by Gasteiger charge is 2.19. The minimum absolute atomic E-state index is 0.0988. The van der Waals surface area contributed by atoms with E-state index in [1.165, 1.54) is 22.4 Å². The average molecular weight is 290 g/mol. The van der Waals surface area contributed by atoms with Crippen LogP contribution in [0.5, 0.6) is 0 Å². The number of carboxylic acids is 1. The molecule has 0 fully saturated rings. The fourth-order valence-electron chi connectivity index (χ4n) is 1.73. The first-order valence-electron chi connectivity index (χ1n) is 6.07. The lowest BCUT2D eigenvalue weighted by Crippen LogP contribution is -2.32. The summed E-state index contributed by atoms with van der Waals surface area (Å²) in [6.45, 7) is 2.09. The largest absolute Gasteiger partial charge is 0.481 e. The minimum atomic E-state index is -0.931. The zero-order valence-electron chi connectivity index (χ0n) is 10.9. The van der Waals surface area contributed by atoms with E-state index < -0.39 is 5.97 Å². The van der Waals surface area contributed by atoms with Crippen molar-refractivity contribution in [2.24, 2.45) is 0 Å². The molecule has 0 saturated carbocycles. The predicted octanol–water partition coefficient (Wildman–Crippen LogP) is 2.57. The van der Waals surface area contributed by atoms with Crippen LogP contribution in [0.1, 0.15) is 21.7 Å². The quantitative estimate of drug-likeness (QED) is 0.918. The highest BCUT2D eigenvalue weighted by Crippen LogP contribution is 2.20. The number of carboxylic acid groups (broad SMARTS) is 1. The number of anilines is 1. The average Bonchev–Trinajstić information content (AvgIpc) is 2.94. The number of rotatable bonds is 5. The lowest BCUT2D eigenvalue weighted by Gasteiger charge is -2.21. The van der Waals surface area contributed by atoms with Crippen LogP contribution in [0.2, 0.25) is 0 Å². The van der Waals surface area contributed by atoms with Crippen molar-refractivity contribution in [3.05, 3.63) is 46.4 Å². The van der Waals surface area contributed by atoms with E-state index in [1.807, 2.05) is 31.2 Å². The summed E-state index contributed by atoms with van der Waals surface area (Å²) in [6.07, 6.45) is 1.40. The standard InChI is InChI=1S/C14H14N2O3S/c1-10-2-4-11(5-3-10)16(7-6-13(17)18)14(19)12-8-15-9-20-12/h2-5,8-9H,6-7H2,1H3,(H,17,18). The number of thiazole rings is 1. The summed E-state index contributed by atoms with van der Waals surface area (Å²) in [5.74, 6) is -1.16. The Labute approximate surface area is 120 Å². The molecule has 0 aliphatic heterocycles. The smallest absolute Gasteiger partial charge is 0.305 e. The van der Waals surface area contributed by atoms with E-state index in [0.717, 1.165) is 5.56 Å². The zero-order chi connectivity index (χ0) is 14.5. The zero-order valence-corrected chi connectivity index (χ0v) is 11.8. The van der Waals surface area contributed by atoms with Crippen molar-refractivity contribution in [3.8, 4) is 0 Å². The summed E-state index contributed by atoms with van der Waals surface area (Å²) < 4.78 is 0. The van der Waals surface area contributed by atoms with Crippen LogP contribution in [-0.2, 0) is 4.79 Å². The summed E-state index contributed by atoms with van der Waals surface area (Å²) in [5, 5.41) is 8.82. The Bertz CT molecular complexity index is 593. The molecule has 2 rings (SSSR count). The van der Waals surface area contributed by atoms with Gasteiger partial charge in [0.05, 0.1) is 18.1 Å². The van der Waals surface area contributed by atoms with Crippen LogP contribution < -0.4 is 4.90 Å². The molecule has 5 nitrogen and oxygen atoms in total. The molecule has 0 aliphatic rings. The highest BCUT2D eigenvalue weighted by molar-refractivity contribution is 7.11. The molecule has 1 aromatic carbocycles. The molecule has 6 heteroatoms. The fourth-order valence-corrected chi connectivity index (χ4v) is 2.30. The van der Waals surface area contributed by atoms with Crippen molar-refractivity contribution < 1.29 is 14.7 Å². The molecule has 0 bridgehead atoms. The second-order valence-electron chi connectivity index (χ2n) is 4.30. The van der Waals surface area contributed by atoms with Gasteiger partial charge in [-0.2, -0.15) is 0 Å². The second kappa shape index (κ2) is 6.29. The monoisotopic (exact) mass is 290 g/mol. The van der Waals surface area contributed by atoms with Crippen LogP contribution in [0.4, 0.5) is 5.69 Å². The van der Waals surface area contributed by atoms with Gasteiger partial charge in [-0.05, 0) is 19.1 Å². The molecule has 0 saturated heterocycles. The second-order valence-corrected chi connectivity index (χ2v) is 5.19. The van der Waals surface area contributed by atoms with Gasteiger partial charge in [-0.25, -0.2) is 0 Å². The molecule has 104 valence electrons.